The Hall–Kier alpha value is -0.660. The zero-order valence-corrected chi connectivity index (χ0v) is 30.4. The maximum absolute atomic E-state index is 2.68. The molecule has 0 atom stereocenters. The van der Waals surface area contributed by atoms with Crippen LogP contribution in [0.5, 0.6) is 0 Å². The Bertz CT molecular complexity index is 514. The van der Waals surface area contributed by atoms with E-state index in [2.05, 4.69) is 43.0 Å². The molecule has 1 rings (SSSR count). The molecule has 0 spiro atoms. The highest BCUT2D eigenvalue weighted by atomic mass is 15.4. The maximum Gasteiger partial charge on any atom is 0.101 e. The average Bonchev–Trinajstić information content (AvgIpc) is 3.40. The first kappa shape index (κ1) is 40.4. The first-order valence-electron chi connectivity index (χ1n) is 20.5. The molecule has 0 aliphatic carbocycles. The van der Waals surface area contributed by atoms with Gasteiger partial charge in [-0.2, -0.15) is 0 Å². The molecule has 0 saturated heterocycles. The molecule has 0 aromatic carbocycles. The van der Waals surface area contributed by atoms with Crippen molar-refractivity contribution in [1.82, 2.24) is 9.80 Å². The summed E-state index contributed by atoms with van der Waals surface area (Å²) in [6.07, 6.45) is 53.0. The van der Waals surface area contributed by atoms with Gasteiger partial charge in [-0.15, -0.1) is 0 Å². The Balaban J connectivity index is 1.97. The van der Waals surface area contributed by atoms with E-state index in [0.29, 0.717) is 6.17 Å². The molecule has 0 unspecified atom stereocenters. The van der Waals surface area contributed by atoms with Gasteiger partial charge in [0.1, 0.15) is 6.17 Å². The average molecular weight is 603 g/mol. The summed E-state index contributed by atoms with van der Waals surface area (Å²) in [6.45, 7) is 9.49. The minimum Gasteiger partial charge on any atom is -0.356 e. The maximum atomic E-state index is 2.68. The van der Waals surface area contributed by atoms with E-state index in [0.717, 1.165) is 0 Å². The van der Waals surface area contributed by atoms with Gasteiger partial charge in [-0.1, -0.05) is 207 Å². The Morgan fingerprint density at radius 2 is 0.535 bits per heavy atom. The molecule has 0 aromatic rings. The summed E-state index contributed by atoms with van der Waals surface area (Å²) in [5.41, 5.74) is 0. The number of nitrogens with zero attached hydrogens (tertiary/aromatic N) is 2. The van der Waals surface area contributed by atoms with Gasteiger partial charge in [-0.3, -0.25) is 0 Å². The fraction of sp³-hybridized carbons (Fsp3) is 0.951. The van der Waals surface area contributed by atoms with Gasteiger partial charge in [0.2, 0.25) is 0 Å². The minimum atomic E-state index is 0.637. The molecule has 0 fully saturated rings. The van der Waals surface area contributed by atoms with Crippen LogP contribution in [0.4, 0.5) is 0 Å². The van der Waals surface area contributed by atoms with Crippen LogP contribution in [0.3, 0.4) is 0 Å². The second-order valence-corrected chi connectivity index (χ2v) is 14.3. The number of unbranched alkanes of at least 4 members (excludes halogenated alkanes) is 29. The molecule has 0 radical (unpaired) electrons. The predicted octanol–water partition coefficient (Wildman–Crippen LogP) is 14.3. The topological polar surface area (TPSA) is 6.48 Å². The van der Waals surface area contributed by atoms with Gasteiger partial charge in [-0.05, 0) is 25.7 Å². The van der Waals surface area contributed by atoms with Gasteiger partial charge < -0.3 is 9.80 Å². The van der Waals surface area contributed by atoms with E-state index in [1.165, 1.54) is 225 Å². The van der Waals surface area contributed by atoms with Crippen LogP contribution in [0.15, 0.2) is 12.4 Å². The normalized spacial score (nSPS) is 13.7. The first-order chi connectivity index (χ1) is 21.3. The van der Waals surface area contributed by atoms with E-state index in [9.17, 15) is 0 Å². The second-order valence-electron chi connectivity index (χ2n) is 14.3. The molecule has 0 saturated carbocycles. The Labute approximate surface area is 273 Å². The van der Waals surface area contributed by atoms with Crippen molar-refractivity contribution in [3.8, 4) is 0 Å². The third-order valence-corrected chi connectivity index (χ3v) is 10.1. The van der Waals surface area contributed by atoms with E-state index in [1.807, 2.05) is 0 Å². The van der Waals surface area contributed by atoms with Gasteiger partial charge in [0, 0.05) is 25.5 Å². The molecular weight excluding hydrogens is 520 g/mol. The molecule has 1 heterocycles. The number of hydrogen-bond acceptors (Lipinski definition) is 2. The highest BCUT2D eigenvalue weighted by Crippen LogP contribution is 2.23. The SMILES string of the molecule is CCCCCCCCCCCCCCCCCN1C=CN(CCCCCCCCCCCCCCCCC)C1CCCC. The van der Waals surface area contributed by atoms with Crippen LogP contribution in [-0.4, -0.2) is 29.1 Å². The van der Waals surface area contributed by atoms with Crippen molar-refractivity contribution in [3.05, 3.63) is 12.4 Å². The molecule has 1 aliphatic rings. The first-order valence-corrected chi connectivity index (χ1v) is 20.5. The van der Waals surface area contributed by atoms with E-state index in [1.54, 1.807) is 0 Å². The molecule has 0 aromatic heterocycles. The molecular formula is C41H82N2. The van der Waals surface area contributed by atoms with Crippen molar-refractivity contribution in [2.24, 2.45) is 0 Å². The van der Waals surface area contributed by atoms with Crippen molar-refractivity contribution >= 4 is 0 Å². The second kappa shape index (κ2) is 32.7. The molecule has 0 bridgehead atoms. The smallest absolute Gasteiger partial charge is 0.101 e. The third kappa shape index (κ3) is 25.2. The largest absolute Gasteiger partial charge is 0.356 e. The minimum absolute atomic E-state index is 0.637. The number of hydrogen-bond donors (Lipinski definition) is 0. The van der Waals surface area contributed by atoms with Gasteiger partial charge in [0.25, 0.3) is 0 Å². The summed E-state index contributed by atoms with van der Waals surface area (Å²) in [7, 11) is 0. The lowest BCUT2D eigenvalue weighted by molar-refractivity contribution is 0.136. The number of rotatable bonds is 35. The van der Waals surface area contributed by atoms with Crippen LogP contribution in [0.25, 0.3) is 0 Å². The lowest BCUT2D eigenvalue weighted by Crippen LogP contribution is -2.39. The standard InChI is InChI=1S/C41H82N2/c1-4-7-10-12-14-16-18-20-22-24-26-28-30-32-34-37-42-39-40-43(41(42)36-9-6-3)38-35-33-31-29-27-25-23-21-19-17-15-13-11-8-5-2/h39-41H,4-38H2,1-3H3. The summed E-state index contributed by atoms with van der Waals surface area (Å²) in [6, 6.07) is 0. The van der Waals surface area contributed by atoms with Gasteiger partial charge in [-0.25, -0.2) is 0 Å². The lowest BCUT2D eigenvalue weighted by Gasteiger charge is -2.33. The molecule has 1 aliphatic heterocycles. The zero-order chi connectivity index (χ0) is 30.9. The van der Waals surface area contributed by atoms with E-state index >= 15 is 0 Å². The fourth-order valence-corrected chi connectivity index (χ4v) is 7.06. The van der Waals surface area contributed by atoms with Crippen LogP contribution in [-0.2, 0) is 0 Å². The quantitative estimate of drug-likeness (QED) is 0.0666. The van der Waals surface area contributed by atoms with Crippen LogP contribution in [0.1, 0.15) is 233 Å². The Morgan fingerprint density at radius 1 is 0.302 bits per heavy atom. The Kier molecular flexibility index (Phi) is 30.7. The fourth-order valence-electron chi connectivity index (χ4n) is 7.06. The van der Waals surface area contributed by atoms with E-state index in [-0.39, 0.29) is 0 Å². The molecule has 2 heteroatoms. The zero-order valence-electron chi connectivity index (χ0n) is 30.4. The van der Waals surface area contributed by atoms with E-state index < -0.39 is 0 Å². The summed E-state index contributed by atoms with van der Waals surface area (Å²) < 4.78 is 0. The van der Waals surface area contributed by atoms with Gasteiger partial charge >= 0.3 is 0 Å². The van der Waals surface area contributed by atoms with Crippen molar-refractivity contribution in [3.63, 3.8) is 0 Å². The lowest BCUT2D eigenvalue weighted by atomic mass is 10.0. The monoisotopic (exact) mass is 603 g/mol. The summed E-state index contributed by atoms with van der Waals surface area (Å²) >= 11 is 0. The molecule has 0 amide bonds. The van der Waals surface area contributed by atoms with Gasteiger partial charge in [0.15, 0.2) is 0 Å². The summed E-state index contributed by atoms with van der Waals surface area (Å²) in [4.78, 5) is 5.37. The summed E-state index contributed by atoms with van der Waals surface area (Å²) in [5.74, 6) is 0. The third-order valence-electron chi connectivity index (χ3n) is 10.1. The van der Waals surface area contributed by atoms with Crippen molar-refractivity contribution in [1.29, 1.82) is 0 Å². The van der Waals surface area contributed by atoms with Crippen molar-refractivity contribution in [2.75, 3.05) is 13.1 Å². The van der Waals surface area contributed by atoms with Gasteiger partial charge in [0.05, 0.1) is 0 Å². The summed E-state index contributed by atoms with van der Waals surface area (Å²) in [5, 5.41) is 0. The molecule has 0 N–H and O–H groups in total. The highest BCUT2D eigenvalue weighted by molar-refractivity contribution is 4.96. The highest BCUT2D eigenvalue weighted by Gasteiger charge is 2.24. The van der Waals surface area contributed by atoms with Crippen LogP contribution in [0, 0.1) is 0 Å². The van der Waals surface area contributed by atoms with Crippen LogP contribution >= 0.6 is 0 Å². The van der Waals surface area contributed by atoms with Crippen molar-refractivity contribution in [2.45, 2.75) is 239 Å². The van der Waals surface area contributed by atoms with Crippen molar-refractivity contribution < 1.29 is 0 Å². The molecule has 256 valence electrons. The molecule has 43 heavy (non-hydrogen) atoms. The van der Waals surface area contributed by atoms with E-state index in [4.69, 9.17) is 0 Å². The van der Waals surface area contributed by atoms with Crippen LogP contribution < -0.4 is 0 Å². The molecule has 2 nitrogen and oxygen atoms in total. The predicted molar refractivity (Wildman–Crippen MR) is 196 cm³/mol. The van der Waals surface area contributed by atoms with Crippen LogP contribution in [0.2, 0.25) is 0 Å². The Morgan fingerprint density at radius 3 is 0.791 bits per heavy atom.